The summed E-state index contributed by atoms with van der Waals surface area (Å²) in [5.74, 6) is 3.12. The van der Waals surface area contributed by atoms with Gasteiger partial charge in [0.1, 0.15) is 11.5 Å². The van der Waals surface area contributed by atoms with Crippen molar-refractivity contribution in [3.8, 4) is 11.3 Å². The molecule has 0 amide bonds. The summed E-state index contributed by atoms with van der Waals surface area (Å²) in [6, 6.07) is 9.90. The standard InChI is InChI=1S/C17H21N7O/c1-12-22-23-15(24(12)3)10-20-17(18-2)19-9-14-16(25-11-21-14)13-7-5-4-6-8-13/h4-8,11H,9-10H2,1-3H3,(H2,18,19,20). The van der Waals surface area contributed by atoms with E-state index in [4.69, 9.17) is 4.42 Å². The molecule has 0 saturated carbocycles. The zero-order chi connectivity index (χ0) is 17.6. The zero-order valence-electron chi connectivity index (χ0n) is 14.5. The second kappa shape index (κ2) is 7.61. The minimum Gasteiger partial charge on any atom is -0.443 e. The van der Waals surface area contributed by atoms with Crippen molar-refractivity contribution in [3.05, 3.63) is 54.1 Å². The number of oxazole rings is 1. The van der Waals surface area contributed by atoms with Crippen LogP contribution in [0.15, 0.2) is 46.1 Å². The normalized spacial score (nSPS) is 11.6. The fourth-order valence-electron chi connectivity index (χ4n) is 2.38. The molecule has 0 unspecified atom stereocenters. The first-order chi connectivity index (χ1) is 12.2. The van der Waals surface area contributed by atoms with E-state index in [0.717, 1.165) is 28.7 Å². The highest BCUT2D eigenvalue weighted by atomic mass is 16.3. The highest BCUT2D eigenvalue weighted by molar-refractivity contribution is 5.79. The van der Waals surface area contributed by atoms with Crippen molar-refractivity contribution in [1.82, 2.24) is 30.4 Å². The van der Waals surface area contributed by atoms with E-state index in [1.165, 1.54) is 6.39 Å². The summed E-state index contributed by atoms with van der Waals surface area (Å²) in [5, 5.41) is 14.6. The second-order valence-electron chi connectivity index (χ2n) is 5.50. The van der Waals surface area contributed by atoms with Gasteiger partial charge in [0.2, 0.25) is 0 Å². The summed E-state index contributed by atoms with van der Waals surface area (Å²) in [5.41, 5.74) is 1.82. The first-order valence-corrected chi connectivity index (χ1v) is 7.96. The molecule has 0 radical (unpaired) electrons. The largest absolute Gasteiger partial charge is 0.443 e. The lowest BCUT2D eigenvalue weighted by atomic mass is 10.1. The van der Waals surface area contributed by atoms with Gasteiger partial charge >= 0.3 is 0 Å². The van der Waals surface area contributed by atoms with Crippen LogP contribution in [0.3, 0.4) is 0 Å². The van der Waals surface area contributed by atoms with E-state index in [1.807, 2.05) is 48.9 Å². The summed E-state index contributed by atoms with van der Waals surface area (Å²) in [4.78, 5) is 8.52. The van der Waals surface area contributed by atoms with Gasteiger partial charge in [-0.25, -0.2) is 4.98 Å². The lowest BCUT2D eigenvalue weighted by molar-refractivity contribution is 0.570. The minimum atomic E-state index is 0.498. The molecule has 130 valence electrons. The van der Waals surface area contributed by atoms with Crippen LogP contribution >= 0.6 is 0 Å². The average molecular weight is 339 g/mol. The quantitative estimate of drug-likeness (QED) is 0.542. The second-order valence-corrected chi connectivity index (χ2v) is 5.50. The molecule has 0 aliphatic rings. The number of aliphatic imine (C=N–C) groups is 1. The predicted molar refractivity (Wildman–Crippen MR) is 94.7 cm³/mol. The molecule has 0 bridgehead atoms. The van der Waals surface area contributed by atoms with E-state index in [1.54, 1.807) is 7.05 Å². The van der Waals surface area contributed by atoms with Gasteiger partial charge in [-0.05, 0) is 6.92 Å². The van der Waals surface area contributed by atoms with Crippen molar-refractivity contribution < 1.29 is 4.42 Å². The van der Waals surface area contributed by atoms with Crippen LogP contribution in [0.5, 0.6) is 0 Å². The van der Waals surface area contributed by atoms with E-state index in [9.17, 15) is 0 Å². The molecule has 8 heteroatoms. The third-order valence-corrected chi connectivity index (χ3v) is 3.92. The van der Waals surface area contributed by atoms with Crippen LogP contribution in [0, 0.1) is 6.92 Å². The van der Waals surface area contributed by atoms with Crippen LogP contribution in [0.4, 0.5) is 0 Å². The molecule has 1 aromatic carbocycles. The van der Waals surface area contributed by atoms with E-state index < -0.39 is 0 Å². The molecule has 8 nitrogen and oxygen atoms in total. The van der Waals surface area contributed by atoms with Gasteiger partial charge in [-0.2, -0.15) is 0 Å². The van der Waals surface area contributed by atoms with Crippen molar-refractivity contribution in [2.24, 2.45) is 12.0 Å². The van der Waals surface area contributed by atoms with Crippen LogP contribution in [-0.4, -0.2) is 32.8 Å². The maximum Gasteiger partial charge on any atom is 0.191 e. The third-order valence-electron chi connectivity index (χ3n) is 3.92. The fraction of sp³-hybridized carbons (Fsp3) is 0.294. The van der Waals surface area contributed by atoms with Crippen LogP contribution in [0.2, 0.25) is 0 Å². The number of hydrogen-bond donors (Lipinski definition) is 2. The van der Waals surface area contributed by atoms with E-state index in [2.05, 4.69) is 30.8 Å². The summed E-state index contributed by atoms with van der Waals surface area (Å²) in [7, 11) is 3.65. The van der Waals surface area contributed by atoms with Crippen molar-refractivity contribution >= 4 is 5.96 Å². The molecule has 2 N–H and O–H groups in total. The van der Waals surface area contributed by atoms with E-state index in [0.29, 0.717) is 19.0 Å². The van der Waals surface area contributed by atoms with Gasteiger partial charge in [0.15, 0.2) is 23.9 Å². The van der Waals surface area contributed by atoms with E-state index in [-0.39, 0.29) is 0 Å². The minimum absolute atomic E-state index is 0.498. The molecule has 0 spiro atoms. The van der Waals surface area contributed by atoms with Crippen LogP contribution in [-0.2, 0) is 20.1 Å². The highest BCUT2D eigenvalue weighted by Gasteiger charge is 2.11. The molecule has 25 heavy (non-hydrogen) atoms. The number of nitrogens with one attached hydrogen (secondary N) is 2. The summed E-state index contributed by atoms with van der Waals surface area (Å²) < 4.78 is 7.47. The van der Waals surface area contributed by atoms with Gasteiger partial charge in [0.05, 0.1) is 13.1 Å². The Labute approximate surface area is 146 Å². The Bertz CT molecular complexity index is 851. The van der Waals surface area contributed by atoms with Gasteiger partial charge in [-0.3, -0.25) is 4.99 Å². The molecular weight excluding hydrogens is 318 g/mol. The average Bonchev–Trinajstić information content (AvgIpc) is 3.24. The van der Waals surface area contributed by atoms with E-state index >= 15 is 0 Å². The van der Waals surface area contributed by atoms with Crippen molar-refractivity contribution in [2.45, 2.75) is 20.0 Å². The van der Waals surface area contributed by atoms with Crippen molar-refractivity contribution in [1.29, 1.82) is 0 Å². The van der Waals surface area contributed by atoms with Crippen LogP contribution < -0.4 is 10.6 Å². The number of benzene rings is 1. The number of hydrogen-bond acceptors (Lipinski definition) is 5. The summed E-state index contributed by atoms with van der Waals surface area (Å²) >= 11 is 0. The Hall–Kier alpha value is -3.16. The SMILES string of the molecule is CN=C(NCc1ncoc1-c1ccccc1)NCc1nnc(C)n1C. The first kappa shape index (κ1) is 16.7. The molecule has 2 heterocycles. The maximum atomic E-state index is 5.53. The lowest BCUT2D eigenvalue weighted by Crippen LogP contribution is -2.37. The Morgan fingerprint density at radius 2 is 1.92 bits per heavy atom. The Morgan fingerprint density at radius 3 is 2.60 bits per heavy atom. The summed E-state index contributed by atoms with van der Waals surface area (Å²) in [6.45, 7) is 2.94. The number of aromatic nitrogens is 4. The van der Waals surface area contributed by atoms with Gasteiger partial charge in [0, 0.05) is 19.7 Å². The molecule has 3 aromatic rings. The zero-order valence-corrected chi connectivity index (χ0v) is 14.5. The highest BCUT2D eigenvalue weighted by Crippen LogP contribution is 2.22. The monoisotopic (exact) mass is 339 g/mol. The first-order valence-electron chi connectivity index (χ1n) is 7.96. The van der Waals surface area contributed by atoms with Crippen LogP contribution in [0.1, 0.15) is 17.3 Å². The molecule has 0 fully saturated rings. The van der Waals surface area contributed by atoms with Gasteiger partial charge in [-0.1, -0.05) is 30.3 Å². The molecule has 0 aliphatic carbocycles. The molecule has 0 atom stereocenters. The fourth-order valence-corrected chi connectivity index (χ4v) is 2.38. The number of guanidine groups is 1. The maximum absolute atomic E-state index is 5.53. The molecule has 0 saturated heterocycles. The number of nitrogens with zero attached hydrogens (tertiary/aromatic N) is 5. The summed E-state index contributed by atoms with van der Waals surface area (Å²) in [6.07, 6.45) is 1.46. The van der Waals surface area contributed by atoms with Crippen molar-refractivity contribution in [2.75, 3.05) is 7.05 Å². The predicted octanol–water partition coefficient (Wildman–Crippen LogP) is 1.64. The molecule has 2 aromatic heterocycles. The third kappa shape index (κ3) is 3.85. The Kier molecular flexibility index (Phi) is 5.08. The van der Waals surface area contributed by atoms with Gasteiger partial charge in [0.25, 0.3) is 0 Å². The Morgan fingerprint density at radius 1 is 1.16 bits per heavy atom. The smallest absolute Gasteiger partial charge is 0.191 e. The molecule has 3 rings (SSSR count). The molecule has 0 aliphatic heterocycles. The van der Waals surface area contributed by atoms with Gasteiger partial charge < -0.3 is 19.6 Å². The molecular formula is C17H21N7O. The van der Waals surface area contributed by atoms with Crippen molar-refractivity contribution in [3.63, 3.8) is 0 Å². The van der Waals surface area contributed by atoms with Crippen LogP contribution in [0.25, 0.3) is 11.3 Å². The topological polar surface area (TPSA) is 93.2 Å². The Balaban J connectivity index is 1.61. The number of rotatable bonds is 5. The lowest BCUT2D eigenvalue weighted by Gasteiger charge is -2.11. The number of aryl methyl sites for hydroxylation is 1. The van der Waals surface area contributed by atoms with Gasteiger partial charge in [-0.15, -0.1) is 10.2 Å².